The highest BCUT2D eigenvalue weighted by atomic mass is 16.2. The Bertz CT molecular complexity index is 133. The van der Waals surface area contributed by atoms with Crippen LogP contribution in [-0.2, 0) is 4.79 Å². The van der Waals surface area contributed by atoms with Crippen molar-refractivity contribution < 1.29 is 4.79 Å². The summed E-state index contributed by atoms with van der Waals surface area (Å²) in [6.45, 7) is 8.88. The van der Waals surface area contributed by atoms with Gasteiger partial charge < -0.3 is 5.43 Å². The Morgan fingerprint density at radius 2 is 2.30 bits per heavy atom. The third-order valence-corrected chi connectivity index (χ3v) is 0.939. The molecule has 0 rings (SSSR count). The van der Waals surface area contributed by atoms with Crippen LogP contribution in [0, 0.1) is 0 Å². The van der Waals surface area contributed by atoms with Gasteiger partial charge in [-0.05, 0) is 0 Å². The smallest absolute Gasteiger partial charge is 0.238 e. The van der Waals surface area contributed by atoms with Crippen LogP contribution in [0.2, 0.25) is 0 Å². The molecule has 0 spiro atoms. The maximum atomic E-state index is 10.7. The number of nitrogens with zero attached hydrogens (tertiary/aromatic N) is 1. The molecule has 10 heavy (non-hydrogen) atoms. The zero-order valence-electron chi connectivity index (χ0n) is 6.13. The van der Waals surface area contributed by atoms with Gasteiger partial charge in [0.05, 0.1) is 6.54 Å². The minimum atomic E-state index is -0.0557. The SMILES string of the molecule is C=CCN(NC=C)C(C)=O. The van der Waals surface area contributed by atoms with Gasteiger partial charge in [-0.3, -0.25) is 9.80 Å². The second kappa shape index (κ2) is 4.61. The van der Waals surface area contributed by atoms with Crippen molar-refractivity contribution in [3.8, 4) is 0 Å². The minimum absolute atomic E-state index is 0.0557. The molecular formula is C7H12N2O. The molecule has 56 valence electrons. The van der Waals surface area contributed by atoms with Crippen molar-refractivity contribution in [2.24, 2.45) is 0 Å². The zero-order valence-corrected chi connectivity index (χ0v) is 6.13. The van der Waals surface area contributed by atoms with E-state index in [4.69, 9.17) is 0 Å². The van der Waals surface area contributed by atoms with Crippen molar-refractivity contribution in [3.05, 3.63) is 25.4 Å². The monoisotopic (exact) mass is 140 g/mol. The minimum Gasteiger partial charge on any atom is -0.304 e. The highest BCUT2D eigenvalue weighted by Gasteiger charge is 2.01. The highest BCUT2D eigenvalue weighted by molar-refractivity contribution is 5.72. The fraction of sp³-hybridized carbons (Fsp3) is 0.286. The topological polar surface area (TPSA) is 32.3 Å². The molecule has 0 aromatic heterocycles. The predicted molar refractivity (Wildman–Crippen MR) is 40.9 cm³/mol. The van der Waals surface area contributed by atoms with Gasteiger partial charge in [0.25, 0.3) is 0 Å². The molecule has 0 atom stereocenters. The van der Waals surface area contributed by atoms with Crippen LogP contribution < -0.4 is 5.43 Å². The standard InChI is InChI=1S/C7H12N2O/c1-4-6-9(7(3)10)8-5-2/h4-5,8H,1-2,6H2,3H3. The maximum Gasteiger partial charge on any atom is 0.238 e. The molecule has 0 aromatic rings. The Morgan fingerprint density at radius 1 is 1.70 bits per heavy atom. The number of hydrogen-bond acceptors (Lipinski definition) is 2. The van der Waals surface area contributed by atoms with Crippen molar-refractivity contribution in [2.75, 3.05) is 6.54 Å². The number of rotatable bonds is 4. The summed E-state index contributed by atoms with van der Waals surface area (Å²) in [7, 11) is 0. The van der Waals surface area contributed by atoms with Crippen LogP contribution in [0.3, 0.4) is 0 Å². The maximum absolute atomic E-state index is 10.7. The molecule has 0 heterocycles. The van der Waals surface area contributed by atoms with Crippen LogP contribution in [0.15, 0.2) is 25.4 Å². The molecular weight excluding hydrogens is 128 g/mol. The van der Waals surface area contributed by atoms with Gasteiger partial charge in [-0.15, -0.1) is 6.58 Å². The summed E-state index contributed by atoms with van der Waals surface area (Å²) >= 11 is 0. The van der Waals surface area contributed by atoms with Crippen LogP contribution in [0.5, 0.6) is 0 Å². The molecule has 0 fully saturated rings. The number of hydrogen-bond donors (Lipinski definition) is 1. The van der Waals surface area contributed by atoms with Crippen LogP contribution in [0.1, 0.15) is 6.92 Å². The number of carbonyl (C=O) groups is 1. The Balaban J connectivity index is 3.83. The van der Waals surface area contributed by atoms with Crippen molar-refractivity contribution in [1.29, 1.82) is 0 Å². The summed E-state index contributed by atoms with van der Waals surface area (Å²) in [4.78, 5) is 10.7. The van der Waals surface area contributed by atoms with Gasteiger partial charge in [0.1, 0.15) is 0 Å². The third-order valence-electron chi connectivity index (χ3n) is 0.939. The van der Waals surface area contributed by atoms with Crippen LogP contribution in [-0.4, -0.2) is 17.5 Å². The number of carbonyl (C=O) groups excluding carboxylic acids is 1. The lowest BCUT2D eigenvalue weighted by Gasteiger charge is -2.17. The Morgan fingerprint density at radius 3 is 2.60 bits per heavy atom. The van der Waals surface area contributed by atoms with Gasteiger partial charge in [0.2, 0.25) is 5.91 Å². The molecule has 0 saturated carbocycles. The third kappa shape index (κ3) is 2.91. The average Bonchev–Trinajstić information content (AvgIpc) is 1.87. The molecule has 0 aliphatic rings. The molecule has 0 bridgehead atoms. The predicted octanol–water partition coefficient (Wildman–Crippen LogP) is 0.669. The van der Waals surface area contributed by atoms with Gasteiger partial charge >= 0.3 is 0 Å². The molecule has 0 saturated heterocycles. The van der Waals surface area contributed by atoms with Crippen LogP contribution in [0.25, 0.3) is 0 Å². The highest BCUT2D eigenvalue weighted by Crippen LogP contribution is 1.82. The van der Waals surface area contributed by atoms with Crippen LogP contribution >= 0.6 is 0 Å². The Labute approximate surface area is 61.0 Å². The first-order valence-corrected chi connectivity index (χ1v) is 2.98. The van der Waals surface area contributed by atoms with E-state index in [2.05, 4.69) is 18.6 Å². The van der Waals surface area contributed by atoms with Crippen molar-refractivity contribution >= 4 is 5.91 Å². The first-order chi connectivity index (χ1) is 4.72. The molecule has 0 unspecified atom stereocenters. The summed E-state index contributed by atoms with van der Waals surface area (Å²) in [5.41, 5.74) is 2.66. The van der Waals surface area contributed by atoms with E-state index < -0.39 is 0 Å². The molecule has 3 heteroatoms. The van der Waals surface area contributed by atoms with Gasteiger partial charge in [-0.2, -0.15) is 0 Å². The van der Waals surface area contributed by atoms with Crippen LogP contribution in [0.4, 0.5) is 0 Å². The Kier molecular flexibility index (Phi) is 4.04. The lowest BCUT2D eigenvalue weighted by Crippen LogP contribution is -2.38. The molecule has 0 aromatic carbocycles. The molecule has 0 aliphatic carbocycles. The van der Waals surface area contributed by atoms with Crippen molar-refractivity contribution in [2.45, 2.75) is 6.92 Å². The van der Waals surface area contributed by atoms with E-state index in [1.54, 1.807) is 6.08 Å². The zero-order chi connectivity index (χ0) is 7.98. The first-order valence-electron chi connectivity index (χ1n) is 2.98. The van der Waals surface area contributed by atoms with Gasteiger partial charge in [0, 0.05) is 13.1 Å². The Hall–Kier alpha value is -1.25. The van der Waals surface area contributed by atoms with Crippen molar-refractivity contribution in [3.63, 3.8) is 0 Å². The summed E-state index contributed by atoms with van der Waals surface area (Å²) in [6, 6.07) is 0. The fourth-order valence-corrected chi connectivity index (χ4v) is 0.511. The van der Waals surface area contributed by atoms with E-state index in [0.29, 0.717) is 6.54 Å². The van der Waals surface area contributed by atoms with E-state index in [9.17, 15) is 4.79 Å². The molecule has 3 nitrogen and oxygen atoms in total. The van der Waals surface area contributed by atoms with E-state index >= 15 is 0 Å². The van der Waals surface area contributed by atoms with E-state index in [0.717, 1.165) is 0 Å². The normalized spacial score (nSPS) is 8.10. The fourth-order valence-electron chi connectivity index (χ4n) is 0.511. The number of hydrazine groups is 1. The van der Waals surface area contributed by atoms with E-state index in [1.165, 1.54) is 18.1 Å². The largest absolute Gasteiger partial charge is 0.304 e. The lowest BCUT2D eigenvalue weighted by molar-refractivity contribution is -0.130. The van der Waals surface area contributed by atoms with E-state index in [1.807, 2.05) is 0 Å². The summed E-state index contributed by atoms with van der Waals surface area (Å²) < 4.78 is 0. The summed E-state index contributed by atoms with van der Waals surface area (Å²) in [5, 5.41) is 1.40. The lowest BCUT2D eigenvalue weighted by atomic mass is 10.5. The quantitative estimate of drug-likeness (QED) is 0.460. The molecule has 0 aliphatic heterocycles. The molecule has 1 N–H and O–H groups in total. The number of amides is 1. The van der Waals surface area contributed by atoms with Gasteiger partial charge in [-0.25, -0.2) is 0 Å². The molecule has 1 amide bonds. The number of nitrogens with one attached hydrogen (secondary N) is 1. The first kappa shape index (κ1) is 8.75. The second-order valence-corrected chi connectivity index (χ2v) is 1.75. The average molecular weight is 140 g/mol. The van der Waals surface area contributed by atoms with E-state index in [-0.39, 0.29) is 5.91 Å². The van der Waals surface area contributed by atoms with Gasteiger partial charge in [-0.1, -0.05) is 12.7 Å². The van der Waals surface area contributed by atoms with Gasteiger partial charge in [0.15, 0.2) is 0 Å². The summed E-state index contributed by atoms with van der Waals surface area (Å²) in [5.74, 6) is -0.0557. The van der Waals surface area contributed by atoms with Crippen molar-refractivity contribution in [1.82, 2.24) is 10.4 Å². The second-order valence-electron chi connectivity index (χ2n) is 1.75. The summed E-state index contributed by atoms with van der Waals surface area (Å²) in [6.07, 6.45) is 3.09. The molecule has 0 radical (unpaired) electrons.